The quantitative estimate of drug-likeness (QED) is 0.507. The van der Waals surface area contributed by atoms with Crippen LogP contribution in [0.2, 0.25) is 10.0 Å². The van der Waals surface area contributed by atoms with Crippen LogP contribution < -0.4 is 5.32 Å². The van der Waals surface area contributed by atoms with Crippen LogP contribution in [0.3, 0.4) is 0 Å². The number of hydrogen-bond acceptors (Lipinski definition) is 6. The van der Waals surface area contributed by atoms with E-state index in [2.05, 4.69) is 5.32 Å². The lowest BCUT2D eigenvalue weighted by Gasteiger charge is -2.22. The van der Waals surface area contributed by atoms with Crippen molar-refractivity contribution in [3.05, 3.63) is 38.7 Å². The SMILES string of the molecule is CC(C(=O)NCCN1C(=O)S/C(=C\c2ccc(Cl)cc2Cl)C1=O)N1C(=O)CCC1=O. The molecule has 1 atom stereocenters. The van der Waals surface area contributed by atoms with Gasteiger partial charge in [0, 0.05) is 36.0 Å². The predicted molar refractivity (Wildman–Crippen MR) is 113 cm³/mol. The van der Waals surface area contributed by atoms with Crippen molar-refractivity contribution in [2.24, 2.45) is 0 Å². The van der Waals surface area contributed by atoms with E-state index < -0.39 is 23.1 Å². The van der Waals surface area contributed by atoms with Crippen molar-refractivity contribution in [1.29, 1.82) is 0 Å². The van der Waals surface area contributed by atoms with Crippen LogP contribution in [-0.4, -0.2) is 57.8 Å². The number of nitrogens with one attached hydrogen (secondary N) is 1. The monoisotopic (exact) mass is 469 g/mol. The lowest BCUT2D eigenvalue weighted by Crippen LogP contribution is -2.49. The summed E-state index contributed by atoms with van der Waals surface area (Å²) >= 11 is 12.7. The summed E-state index contributed by atoms with van der Waals surface area (Å²) in [4.78, 5) is 62.6. The molecule has 1 unspecified atom stereocenters. The Labute approximate surface area is 186 Å². The van der Waals surface area contributed by atoms with Gasteiger partial charge in [-0.15, -0.1) is 0 Å². The van der Waals surface area contributed by atoms with E-state index in [9.17, 15) is 24.0 Å². The van der Waals surface area contributed by atoms with E-state index in [-0.39, 0.29) is 42.7 Å². The first-order chi connectivity index (χ1) is 14.2. The summed E-state index contributed by atoms with van der Waals surface area (Å²) in [5.74, 6) is -1.81. The second-order valence-corrected chi connectivity index (χ2v) is 8.46. The van der Waals surface area contributed by atoms with Crippen LogP contribution in [0.5, 0.6) is 0 Å². The van der Waals surface area contributed by atoms with Gasteiger partial charge < -0.3 is 5.32 Å². The molecule has 2 aliphatic rings. The van der Waals surface area contributed by atoms with Crippen LogP contribution >= 0.6 is 35.0 Å². The molecule has 2 heterocycles. The van der Waals surface area contributed by atoms with Gasteiger partial charge in [0.05, 0.1) is 4.91 Å². The molecule has 2 fully saturated rings. The molecule has 11 heteroatoms. The predicted octanol–water partition coefficient (Wildman–Crippen LogP) is 2.68. The number of hydrogen-bond donors (Lipinski definition) is 1. The molecular weight excluding hydrogens is 453 g/mol. The topological polar surface area (TPSA) is 104 Å². The van der Waals surface area contributed by atoms with Gasteiger partial charge in [0.1, 0.15) is 6.04 Å². The summed E-state index contributed by atoms with van der Waals surface area (Å²) in [6, 6.07) is 3.84. The maximum absolute atomic E-state index is 12.5. The van der Waals surface area contributed by atoms with Crippen molar-refractivity contribution in [2.75, 3.05) is 13.1 Å². The van der Waals surface area contributed by atoms with Gasteiger partial charge in [-0.25, -0.2) is 0 Å². The van der Waals surface area contributed by atoms with E-state index in [1.165, 1.54) is 19.1 Å². The summed E-state index contributed by atoms with van der Waals surface area (Å²) in [6.45, 7) is 1.40. The van der Waals surface area contributed by atoms with Crippen molar-refractivity contribution in [1.82, 2.24) is 15.1 Å². The maximum Gasteiger partial charge on any atom is 0.293 e. The molecule has 30 heavy (non-hydrogen) atoms. The third-order valence-electron chi connectivity index (χ3n) is 4.61. The number of halogens is 2. The summed E-state index contributed by atoms with van der Waals surface area (Å²) in [7, 11) is 0. The summed E-state index contributed by atoms with van der Waals surface area (Å²) in [5, 5.41) is 2.88. The fourth-order valence-corrected chi connectivity index (χ4v) is 4.35. The van der Waals surface area contributed by atoms with Gasteiger partial charge in [-0.1, -0.05) is 29.3 Å². The molecule has 2 aliphatic heterocycles. The Morgan fingerprint density at radius 2 is 1.87 bits per heavy atom. The fraction of sp³-hybridized carbons (Fsp3) is 0.316. The van der Waals surface area contributed by atoms with Crippen LogP contribution in [0, 0.1) is 0 Å². The normalized spacial score (nSPS) is 19.2. The molecule has 0 spiro atoms. The van der Waals surface area contributed by atoms with E-state index in [0.717, 1.165) is 21.6 Å². The number of nitrogens with zero attached hydrogens (tertiary/aromatic N) is 2. The molecule has 1 aromatic carbocycles. The van der Waals surface area contributed by atoms with Gasteiger partial charge in [-0.3, -0.25) is 33.8 Å². The van der Waals surface area contributed by atoms with Gasteiger partial charge in [0.25, 0.3) is 11.1 Å². The Morgan fingerprint density at radius 1 is 1.20 bits per heavy atom. The van der Waals surface area contributed by atoms with Crippen molar-refractivity contribution >= 4 is 69.9 Å². The summed E-state index contributed by atoms with van der Waals surface area (Å²) in [5.41, 5.74) is 0.550. The number of thioether (sulfide) groups is 1. The van der Waals surface area contributed by atoms with Crippen molar-refractivity contribution in [3.63, 3.8) is 0 Å². The number of carbonyl (C=O) groups is 5. The molecule has 0 bridgehead atoms. The largest absolute Gasteiger partial charge is 0.353 e. The number of rotatable bonds is 6. The molecule has 2 saturated heterocycles. The number of likely N-dealkylation sites (tertiary alicyclic amines) is 1. The van der Waals surface area contributed by atoms with Crippen LogP contribution in [0.4, 0.5) is 4.79 Å². The van der Waals surface area contributed by atoms with Gasteiger partial charge in [0.15, 0.2) is 0 Å². The smallest absolute Gasteiger partial charge is 0.293 e. The highest BCUT2D eigenvalue weighted by atomic mass is 35.5. The van der Waals surface area contributed by atoms with E-state index in [1.54, 1.807) is 12.1 Å². The Kier molecular flexibility index (Phi) is 6.84. The maximum atomic E-state index is 12.5. The van der Waals surface area contributed by atoms with Crippen LogP contribution in [0.1, 0.15) is 25.3 Å². The Balaban J connectivity index is 1.58. The molecular formula is C19H17Cl2N3O5S. The standard InChI is InChI=1S/C19H17Cl2N3O5S/c1-10(24-15(25)4-5-16(24)26)17(27)22-6-7-23-18(28)14(30-19(23)29)8-11-2-3-12(20)9-13(11)21/h2-3,8-10H,4-7H2,1H3,(H,22,27)/b14-8-. The lowest BCUT2D eigenvalue weighted by atomic mass is 10.2. The molecule has 0 aliphatic carbocycles. The van der Waals surface area contributed by atoms with E-state index >= 15 is 0 Å². The van der Waals surface area contributed by atoms with E-state index in [0.29, 0.717) is 15.6 Å². The fourth-order valence-electron chi connectivity index (χ4n) is 3.03. The molecule has 0 saturated carbocycles. The highest BCUT2D eigenvalue weighted by molar-refractivity contribution is 8.18. The zero-order valence-corrected chi connectivity index (χ0v) is 18.1. The highest BCUT2D eigenvalue weighted by Gasteiger charge is 2.37. The number of benzene rings is 1. The first-order valence-electron chi connectivity index (χ1n) is 9.02. The minimum atomic E-state index is -0.950. The van der Waals surface area contributed by atoms with E-state index in [1.807, 2.05) is 0 Å². The second kappa shape index (κ2) is 9.20. The van der Waals surface area contributed by atoms with Gasteiger partial charge in [-0.05, 0) is 42.5 Å². The molecule has 1 N–H and O–H groups in total. The minimum Gasteiger partial charge on any atom is -0.353 e. The minimum absolute atomic E-state index is 0.00752. The zero-order valence-electron chi connectivity index (χ0n) is 15.8. The average Bonchev–Trinajstić information content (AvgIpc) is 3.16. The third kappa shape index (κ3) is 4.69. The van der Waals surface area contributed by atoms with Crippen LogP contribution in [0.15, 0.2) is 23.1 Å². The van der Waals surface area contributed by atoms with Crippen molar-refractivity contribution in [3.8, 4) is 0 Å². The third-order valence-corrected chi connectivity index (χ3v) is 6.08. The highest BCUT2D eigenvalue weighted by Crippen LogP contribution is 2.33. The zero-order chi connectivity index (χ0) is 22.0. The molecule has 8 nitrogen and oxygen atoms in total. The Morgan fingerprint density at radius 3 is 2.50 bits per heavy atom. The number of amides is 5. The first-order valence-corrected chi connectivity index (χ1v) is 10.6. The van der Waals surface area contributed by atoms with Crippen LogP contribution in [0.25, 0.3) is 6.08 Å². The Bertz CT molecular complexity index is 965. The number of imide groups is 2. The van der Waals surface area contributed by atoms with Gasteiger partial charge in [0.2, 0.25) is 17.7 Å². The van der Waals surface area contributed by atoms with Crippen molar-refractivity contribution in [2.45, 2.75) is 25.8 Å². The molecule has 0 radical (unpaired) electrons. The first kappa shape index (κ1) is 22.3. The summed E-state index contributed by atoms with van der Waals surface area (Å²) < 4.78 is 0. The van der Waals surface area contributed by atoms with Crippen LogP contribution in [-0.2, 0) is 19.2 Å². The van der Waals surface area contributed by atoms with E-state index in [4.69, 9.17) is 23.2 Å². The van der Waals surface area contributed by atoms with Gasteiger partial charge >= 0.3 is 0 Å². The molecule has 5 amide bonds. The Hall–Kier alpha value is -2.36. The summed E-state index contributed by atoms with van der Waals surface area (Å²) in [6.07, 6.45) is 1.70. The number of carbonyl (C=O) groups excluding carboxylic acids is 5. The van der Waals surface area contributed by atoms with Gasteiger partial charge in [-0.2, -0.15) is 0 Å². The molecule has 1 aromatic rings. The molecule has 3 rings (SSSR count). The van der Waals surface area contributed by atoms with Crippen molar-refractivity contribution < 1.29 is 24.0 Å². The second-order valence-electron chi connectivity index (χ2n) is 6.62. The lowest BCUT2D eigenvalue weighted by molar-refractivity contribution is -0.146. The average molecular weight is 470 g/mol. The molecule has 158 valence electrons. The molecule has 0 aromatic heterocycles.